The van der Waals surface area contributed by atoms with Crippen molar-refractivity contribution in [3.05, 3.63) is 27.7 Å². The van der Waals surface area contributed by atoms with Crippen LogP contribution in [0.5, 0.6) is 0 Å². The lowest BCUT2D eigenvalue weighted by Crippen LogP contribution is -2.15. The van der Waals surface area contributed by atoms with Gasteiger partial charge in [0, 0.05) is 27.2 Å². The van der Waals surface area contributed by atoms with E-state index in [1.807, 2.05) is 6.92 Å². The Morgan fingerprint density at radius 3 is 2.86 bits per heavy atom. The molecule has 1 aliphatic rings. The van der Waals surface area contributed by atoms with E-state index >= 15 is 0 Å². The van der Waals surface area contributed by atoms with Crippen LogP contribution in [0.25, 0.3) is 0 Å². The van der Waals surface area contributed by atoms with Crippen LogP contribution in [0.2, 0.25) is 10.0 Å². The smallest absolute Gasteiger partial charge is 0.166 e. The molecule has 0 radical (unpaired) electrons. The lowest BCUT2D eigenvalue weighted by atomic mass is 10.1. The molecule has 1 nitrogen and oxygen atoms in total. The van der Waals surface area contributed by atoms with E-state index in [0.717, 1.165) is 4.90 Å². The lowest BCUT2D eigenvalue weighted by molar-refractivity contribution is 0.0978. The minimum atomic E-state index is 0.118. The number of carbonyl (C=O) groups excluding carboxylic acids is 1. The SMILES string of the molecule is CC1CC(=O)c2c(Cl)cc(Cl)cc2S1. The Bertz CT molecular complexity index is 403. The molecule has 1 atom stereocenters. The van der Waals surface area contributed by atoms with Crippen molar-refractivity contribution in [3.63, 3.8) is 0 Å². The Morgan fingerprint density at radius 1 is 1.43 bits per heavy atom. The van der Waals surface area contributed by atoms with Gasteiger partial charge in [-0.1, -0.05) is 30.1 Å². The zero-order chi connectivity index (χ0) is 10.3. The number of benzene rings is 1. The molecule has 0 spiro atoms. The number of rotatable bonds is 0. The highest BCUT2D eigenvalue weighted by atomic mass is 35.5. The van der Waals surface area contributed by atoms with Crippen LogP contribution in [0.3, 0.4) is 0 Å². The van der Waals surface area contributed by atoms with E-state index in [1.165, 1.54) is 0 Å². The van der Waals surface area contributed by atoms with Gasteiger partial charge in [0.2, 0.25) is 0 Å². The van der Waals surface area contributed by atoms with Crippen molar-refractivity contribution >= 4 is 40.7 Å². The standard InChI is InChI=1S/C10H8Cl2OS/c1-5-2-8(13)10-7(12)3-6(11)4-9(10)14-5/h3-5H,2H2,1H3. The van der Waals surface area contributed by atoms with E-state index in [1.54, 1.807) is 23.9 Å². The fourth-order valence-corrected chi connectivity index (χ4v) is 3.46. The van der Waals surface area contributed by atoms with Crippen LogP contribution in [0, 0.1) is 0 Å². The van der Waals surface area contributed by atoms with E-state index in [0.29, 0.717) is 27.3 Å². The number of carbonyl (C=O) groups is 1. The first kappa shape index (κ1) is 10.3. The van der Waals surface area contributed by atoms with E-state index in [4.69, 9.17) is 23.2 Å². The molecule has 74 valence electrons. The average Bonchev–Trinajstić information content (AvgIpc) is 1.99. The quantitative estimate of drug-likeness (QED) is 0.687. The highest BCUT2D eigenvalue weighted by Gasteiger charge is 2.25. The third-order valence-electron chi connectivity index (χ3n) is 2.10. The van der Waals surface area contributed by atoms with Crippen LogP contribution < -0.4 is 0 Å². The topological polar surface area (TPSA) is 17.1 Å². The summed E-state index contributed by atoms with van der Waals surface area (Å²) in [5.41, 5.74) is 0.638. The van der Waals surface area contributed by atoms with Crippen LogP contribution in [0.15, 0.2) is 17.0 Å². The van der Waals surface area contributed by atoms with Crippen molar-refractivity contribution in [2.45, 2.75) is 23.5 Å². The Hall–Kier alpha value is -0.180. The molecule has 0 aromatic heterocycles. The van der Waals surface area contributed by atoms with Gasteiger partial charge < -0.3 is 0 Å². The lowest BCUT2D eigenvalue weighted by Gasteiger charge is -2.20. The van der Waals surface area contributed by atoms with Gasteiger partial charge in [0.15, 0.2) is 5.78 Å². The molecule has 0 N–H and O–H groups in total. The average molecular weight is 247 g/mol. The first-order chi connectivity index (χ1) is 6.58. The molecule has 0 aliphatic carbocycles. The van der Waals surface area contributed by atoms with Crippen LogP contribution in [-0.2, 0) is 0 Å². The Labute approximate surface area is 96.8 Å². The van der Waals surface area contributed by atoms with Gasteiger partial charge in [-0.2, -0.15) is 0 Å². The van der Waals surface area contributed by atoms with Crippen molar-refractivity contribution in [1.29, 1.82) is 0 Å². The Morgan fingerprint density at radius 2 is 2.14 bits per heavy atom. The van der Waals surface area contributed by atoms with Gasteiger partial charge >= 0.3 is 0 Å². The fourth-order valence-electron chi connectivity index (χ4n) is 1.54. The number of fused-ring (bicyclic) bond motifs is 1. The van der Waals surface area contributed by atoms with Crippen molar-refractivity contribution < 1.29 is 4.79 Å². The second-order valence-electron chi connectivity index (χ2n) is 3.32. The number of Topliss-reactive ketones (excluding diaryl/α,β-unsaturated/α-hetero) is 1. The Balaban J connectivity index is 2.59. The van der Waals surface area contributed by atoms with Gasteiger partial charge in [-0.15, -0.1) is 11.8 Å². The van der Waals surface area contributed by atoms with Crippen LogP contribution in [0.1, 0.15) is 23.7 Å². The summed E-state index contributed by atoms with van der Waals surface area (Å²) in [6, 6.07) is 3.43. The van der Waals surface area contributed by atoms with Crippen molar-refractivity contribution in [3.8, 4) is 0 Å². The van der Waals surface area contributed by atoms with E-state index < -0.39 is 0 Å². The molecule has 1 unspecified atom stereocenters. The zero-order valence-electron chi connectivity index (χ0n) is 7.51. The summed E-state index contributed by atoms with van der Waals surface area (Å²) in [6.45, 7) is 2.03. The first-order valence-corrected chi connectivity index (χ1v) is 5.90. The van der Waals surface area contributed by atoms with Gasteiger partial charge in [-0.05, 0) is 12.1 Å². The second-order valence-corrected chi connectivity index (χ2v) is 5.64. The van der Waals surface area contributed by atoms with Gasteiger partial charge in [0.25, 0.3) is 0 Å². The zero-order valence-corrected chi connectivity index (χ0v) is 9.84. The van der Waals surface area contributed by atoms with Crippen molar-refractivity contribution in [1.82, 2.24) is 0 Å². The number of ketones is 1. The monoisotopic (exact) mass is 246 g/mol. The molecular formula is C10H8Cl2OS. The highest BCUT2D eigenvalue weighted by molar-refractivity contribution is 8.00. The molecule has 0 saturated heterocycles. The predicted molar refractivity (Wildman–Crippen MR) is 60.7 cm³/mol. The summed E-state index contributed by atoms with van der Waals surface area (Å²) < 4.78 is 0. The van der Waals surface area contributed by atoms with Crippen molar-refractivity contribution in [2.24, 2.45) is 0 Å². The summed E-state index contributed by atoms with van der Waals surface area (Å²) >= 11 is 13.5. The van der Waals surface area contributed by atoms with E-state index in [-0.39, 0.29) is 5.78 Å². The number of halogens is 2. The maximum Gasteiger partial charge on any atom is 0.166 e. The molecule has 0 amide bonds. The van der Waals surface area contributed by atoms with Crippen LogP contribution >= 0.6 is 35.0 Å². The number of hydrogen-bond donors (Lipinski definition) is 0. The first-order valence-electron chi connectivity index (χ1n) is 4.27. The number of thioether (sulfide) groups is 1. The maximum absolute atomic E-state index is 11.7. The second kappa shape index (κ2) is 3.76. The fraction of sp³-hybridized carbons (Fsp3) is 0.300. The van der Waals surface area contributed by atoms with E-state index in [9.17, 15) is 4.79 Å². The van der Waals surface area contributed by atoms with E-state index in [2.05, 4.69) is 0 Å². The van der Waals surface area contributed by atoms with Crippen LogP contribution in [-0.4, -0.2) is 11.0 Å². The normalized spacial score (nSPS) is 20.8. The molecule has 4 heteroatoms. The molecule has 1 aromatic rings. The molecule has 1 heterocycles. The molecule has 2 rings (SSSR count). The number of hydrogen-bond acceptors (Lipinski definition) is 2. The van der Waals surface area contributed by atoms with Gasteiger partial charge in [-0.25, -0.2) is 0 Å². The van der Waals surface area contributed by atoms with Gasteiger partial charge in [0.1, 0.15) is 0 Å². The van der Waals surface area contributed by atoms with Crippen LogP contribution in [0.4, 0.5) is 0 Å². The molecule has 1 aromatic carbocycles. The Kier molecular flexibility index (Phi) is 2.78. The minimum Gasteiger partial charge on any atom is -0.294 e. The molecule has 0 saturated carbocycles. The highest BCUT2D eigenvalue weighted by Crippen LogP contribution is 2.40. The molecule has 0 fully saturated rings. The predicted octanol–water partition coefficient (Wildman–Crippen LogP) is 4.06. The summed E-state index contributed by atoms with van der Waals surface area (Å²) in [7, 11) is 0. The summed E-state index contributed by atoms with van der Waals surface area (Å²) in [4.78, 5) is 12.6. The molecular weight excluding hydrogens is 239 g/mol. The summed E-state index contributed by atoms with van der Waals surface area (Å²) in [5.74, 6) is 0.118. The minimum absolute atomic E-state index is 0.118. The van der Waals surface area contributed by atoms with Crippen molar-refractivity contribution in [2.75, 3.05) is 0 Å². The maximum atomic E-state index is 11.7. The largest absolute Gasteiger partial charge is 0.294 e. The van der Waals surface area contributed by atoms with Gasteiger partial charge in [-0.3, -0.25) is 4.79 Å². The summed E-state index contributed by atoms with van der Waals surface area (Å²) in [6.07, 6.45) is 0.555. The molecule has 0 bridgehead atoms. The summed E-state index contributed by atoms with van der Waals surface area (Å²) in [5, 5.41) is 1.37. The van der Waals surface area contributed by atoms with Gasteiger partial charge in [0.05, 0.1) is 5.02 Å². The third kappa shape index (κ3) is 1.79. The molecule has 1 aliphatic heterocycles. The third-order valence-corrected chi connectivity index (χ3v) is 3.76. The molecule has 14 heavy (non-hydrogen) atoms.